The van der Waals surface area contributed by atoms with Crippen molar-refractivity contribution in [2.75, 3.05) is 13.1 Å². The molecule has 2 aliphatic rings. The van der Waals surface area contributed by atoms with Crippen molar-refractivity contribution in [3.63, 3.8) is 0 Å². The summed E-state index contributed by atoms with van der Waals surface area (Å²) in [6.07, 6.45) is 9.38. The van der Waals surface area contributed by atoms with E-state index in [0.717, 1.165) is 17.5 Å². The second-order valence-electron chi connectivity index (χ2n) is 11.9. The van der Waals surface area contributed by atoms with Gasteiger partial charge in [-0.05, 0) is 65.8 Å². The Morgan fingerprint density at radius 2 is 1.89 bits per heavy atom. The highest BCUT2D eigenvalue weighted by Gasteiger charge is 2.47. The third-order valence-electron chi connectivity index (χ3n) is 8.96. The fraction of sp³-hybridized carbons (Fsp3) is 0.303. The summed E-state index contributed by atoms with van der Waals surface area (Å²) in [7, 11) is 0. The Balaban J connectivity index is 1.18. The van der Waals surface area contributed by atoms with Crippen LogP contribution >= 0.6 is 11.6 Å². The van der Waals surface area contributed by atoms with Crippen molar-refractivity contribution >= 4 is 23.5 Å². The van der Waals surface area contributed by atoms with Crippen molar-refractivity contribution in [3.05, 3.63) is 96.0 Å². The molecule has 0 spiro atoms. The molecule has 4 atom stereocenters. The predicted octanol–water partition coefficient (Wildman–Crippen LogP) is 5.32. The first-order chi connectivity index (χ1) is 22.4. The molecular weight excluding hydrogens is 611 g/mol. The quantitative estimate of drug-likeness (QED) is 0.229. The van der Waals surface area contributed by atoms with E-state index in [4.69, 9.17) is 21.7 Å². The number of halogens is 2. The number of likely N-dealkylation sites (tertiary alicyclic amines) is 1. The highest BCUT2D eigenvalue weighted by Crippen LogP contribution is 2.47. The Hall–Kier alpha value is -4.97. The number of rotatable bonds is 9. The number of carbonyl (C=O) groups excluding carboxylic acids is 1. The van der Waals surface area contributed by atoms with Crippen molar-refractivity contribution in [2.45, 2.75) is 31.7 Å². The van der Waals surface area contributed by atoms with Crippen LogP contribution in [0.4, 0.5) is 4.39 Å². The van der Waals surface area contributed by atoms with E-state index in [1.54, 1.807) is 23.2 Å². The van der Waals surface area contributed by atoms with Crippen LogP contribution in [0.5, 0.6) is 0 Å². The number of piperidine rings is 1. The van der Waals surface area contributed by atoms with Gasteiger partial charge >= 0.3 is 5.97 Å². The van der Waals surface area contributed by atoms with Crippen LogP contribution in [0, 0.1) is 23.6 Å². The first-order valence-corrected chi connectivity index (χ1v) is 15.5. The van der Waals surface area contributed by atoms with Crippen molar-refractivity contribution in [1.82, 2.24) is 39.9 Å². The largest absolute Gasteiger partial charge is 0.481 e. The summed E-state index contributed by atoms with van der Waals surface area (Å²) in [5, 5.41) is 25.4. The van der Waals surface area contributed by atoms with Crippen molar-refractivity contribution in [3.8, 4) is 27.9 Å². The Labute approximate surface area is 268 Å². The van der Waals surface area contributed by atoms with E-state index < -0.39 is 17.7 Å². The molecule has 5 aromatic rings. The smallest absolute Gasteiger partial charge is 0.308 e. The van der Waals surface area contributed by atoms with Gasteiger partial charge in [0.25, 0.3) is 0 Å². The van der Waals surface area contributed by atoms with Gasteiger partial charge < -0.3 is 10.0 Å². The first kappa shape index (κ1) is 29.7. The minimum atomic E-state index is -0.852. The van der Waals surface area contributed by atoms with Crippen LogP contribution in [-0.4, -0.2) is 69.9 Å². The summed E-state index contributed by atoms with van der Waals surface area (Å²) < 4.78 is 18.7. The summed E-state index contributed by atoms with van der Waals surface area (Å²) in [4.78, 5) is 31.5. The van der Waals surface area contributed by atoms with E-state index in [1.165, 1.54) is 17.1 Å². The van der Waals surface area contributed by atoms with E-state index in [2.05, 4.69) is 15.5 Å². The van der Waals surface area contributed by atoms with E-state index in [0.29, 0.717) is 42.8 Å². The fourth-order valence-electron chi connectivity index (χ4n) is 6.39. The van der Waals surface area contributed by atoms with Gasteiger partial charge in [-0.1, -0.05) is 48.0 Å². The van der Waals surface area contributed by atoms with Crippen LogP contribution in [0.2, 0.25) is 5.02 Å². The van der Waals surface area contributed by atoms with Crippen LogP contribution in [0.3, 0.4) is 0 Å². The minimum Gasteiger partial charge on any atom is -0.481 e. The van der Waals surface area contributed by atoms with Crippen LogP contribution < -0.4 is 0 Å². The van der Waals surface area contributed by atoms with Crippen LogP contribution in [0.1, 0.15) is 37.4 Å². The molecule has 46 heavy (non-hydrogen) atoms. The van der Waals surface area contributed by atoms with Gasteiger partial charge in [0, 0.05) is 48.1 Å². The number of amides is 1. The number of carbonyl (C=O) groups is 2. The summed E-state index contributed by atoms with van der Waals surface area (Å²) >= 11 is 6.17. The molecule has 11 nitrogen and oxygen atoms in total. The summed E-state index contributed by atoms with van der Waals surface area (Å²) in [6.45, 7) is 0.848. The van der Waals surface area contributed by atoms with Gasteiger partial charge in [-0.15, -0.1) is 5.10 Å². The lowest BCUT2D eigenvalue weighted by atomic mass is 9.97. The molecular formula is C33H30ClFN8O3. The lowest BCUT2D eigenvalue weighted by Gasteiger charge is -2.31. The zero-order chi connectivity index (χ0) is 31.8. The van der Waals surface area contributed by atoms with E-state index >= 15 is 4.39 Å². The van der Waals surface area contributed by atoms with Crippen LogP contribution in [-0.2, 0) is 9.59 Å². The Morgan fingerprint density at radius 1 is 1.04 bits per heavy atom. The second kappa shape index (κ2) is 12.4. The molecule has 13 heteroatoms. The molecule has 7 rings (SSSR count). The van der Waals surface area contributed by atoms with Crippen molar-refractivity contribution in [1.29, 1.82) is 0 Å². The van der Waals surface area contributed by atoms with Crippen molar-refractivity contribution in [2.24, 2.45) is 17.8 Å². The van der Waals surface area contributed by atoms with E-state index in [-0.39, 0.29) is 40.9 Å². The highest BCUT2D eigenvalue weighted by atomic mass is 35.5. The SMILES string of the molecule is O=C(O)C1CCCN(C(=O)[C@@H]2C[C@@H]2CC(c2ccc(-c3c(-n4cnnn4)ccc(Cl)c3F)cn2)n2cc(-c3ccccc3)cn2)C1. The zero-order valence-electron chi connectivity index (χ0n) is 24.7. The molecule has 2 unspecified atom stereocenters. The Bertz CT molecular complexity index is 1870. The number of carboxylic acids is 1. The number of hydrogen-bond donors (Lipinski definition) is 1. The zero-order valence-corrected chi connectivity index (χ0v) is 25.4. The molecule has 2 fully saturated rings. The van der Waals surface area contributed by atoms with Gasteiger partial charge in [0.15, 0.2) is 5.82 Å². The summed E-state index contributed by atoms with van der Waals surface area (Å²) in [6, 6.07) is 16.4. The lowest BCUT2D eigenvalue weighted by molar-refractivity contribution is -0.146. The summed E-state index contributed by atoms with van der Waals surface area (Å²) in [5.74, 6) is -2.03. The fourth-order valence-corrected chi connectivity index (χ4v) is 6.55. The van der Waals surface area contributed by atoms with Gasteiger partial charge in [-0.3, -0.25) is 19.3 Å². The maximum absolute atomic E-state index is 15.4. The number of hydrogen-bond acceptors (Lipinski definition) is 7. The van der Waals surface area contributed by atoms with E-state index in [1.807, 2.05) is 53.5 Å². The average Bonchev–Trinajstić information content (AvgIpc) is 3.41. The molecule has 234 valence electrons. The van der Waals surface area contributed by atoms with Gasteiger partial charge in [0.1, 0.15) is 6.33 Å². The molecule has 2 aromatic carbocycles. The number of tetrazole rings is 1. The molecule has 1 saturated carbocycles. The van der Waals surface area contributed by atoms with Gasteiger partial charge in [-0.2, -0.15) is 9.78 Å². The normalized spacial score (nSPS) is 20.0. The molecule has 1 aliphatic heterocycles. The molecule has 1 N–H and O–H groups in total. The predicted molar refractivity (Wildman–Crippen MR) is 166 cm³/mol. The molecule has 1 aliphatic carbocycles. The lowest BCUT2D eigenvalue weighted by Crippen LogP contribution is -2.43. The number of benzene rings is 2. The minimum absolute atomic E-state index is 0.0232. The Morgan fingerprint density at radius 3 is 2.63 bits per heavy atom. The molecule has 4 heterocycles. The summed E-state index contributed by atoms with van der Waals surface area (Å²) in [5.41, 5.74) is 3.82. The molecule has 1 amide bonds. The number of aromatic nitrogens is 7. The van der Waals surface area contributed by atoms with E-state index in [9.17, 15) is 14.7 Å². The number of pyridine rings is 1. The Kier molecular flexibility index (Phi) is 8.03. The van der Waals surface area contributed by atoms with Crippen molar-refractivity contribution < 1.29 is 19.1 Å². The first-order valence-electron chi connectivity index (χ1n) is 15.2. The maximum Gasteiger partial charge on any atom is 0.308 e. The maximum atomic E-state index is 15.4. The monoisotopic (exact) mass is 640 g/mol. The van der Waals surface area contributed by atoms with Gasteiger partial charge in [0.2, 0.25) is 5.91 Å². The third-order valence-corrected chi connectivity index (χ3v) is 9.25. The van der Waals surface area contributed by atoms with Crippen LogP contribution in [0.25, 0.3) is 27.9 Å². The standard InChI is InChI=1S/C33H30ClFN8O3/c34-26-9-11-28(43-19-37-39-40-43)30(31(26)35)21-8-10-27(36-15-21)29(42-18-24(16-38-42)20-5-2-1-3-6-20)14-23-13-25(23)32(44)41-12-4-7-22(17-41)33(45)46/h1-3,5-6,8-11,15-16,18-19,22-23,25,29H,4,7,12-14,17H2,(H,45,46)/t22?,23-,25-,29?/m1/s1. The molecule has 1 saturated heterocycles. The molecule has 3 aromatic heterocycles. The highest BCUT2D eigenvalue weighted by molar-refractivity contribution is 6.31. The molecule has 0 radical (unpaired) electrons. The molecule has 0 bridgehead atoms. The van der Waals surface area contributed by atoms with Gasteiger partial charge in [0.05, 0.1) is 34.6 Å². The topological polar surface area (TPSA) is 132 Å². The van der Waals surface area contributed by atoms with Gasteiger partial charge in [-0.25, -0.2) is 4.39 Å². The average molecular weight is 641 g/mol. The third kappa shape index (κ3) is 5.87. The number of carboxylic acid groups (broad SMARTS) is 1. The van der Waals surface area contributed by atoms with Crippen LogP contribution in [0.15, 0.2) is 79.5 Å². The number of aliphatic carboxylic acids is 1. The number of nitrogens with zero attached hydrogens (tertiary/aromatic N) is 8. The second-order valence-corrected chi connectivity index (χ2v) is 12.3.